The third-order valence-corrected chi connectivity index (χ3v) is 0. The second-order valence-electron chi connectivity index (χ2n) is 0.648. The molecule has 0 amide bonds. The van der Waals surface area contributed by atoms with Gasteiger partial charge in [0, 0.05) is 0 Å². The molecule has 0 heterocycles. The molecular weight excluding hydrogens is 1010 g/mol. The SMILES string of the molecule is [Br][Re-]([Br])([Br])[Br].[Br][Re-]([Br])([Br])[Br]. The van der Waals surface area contributed by atoms with Crippen molar-refractivity contribution >= 4 is 107 Å². The van der Waals surface area contributed by atoms with E-state index in [0.717, 1.165) is 0 Å². The average Bonchev–Trinajstić information content (AvgIpc) is 1.12. The molecule has 0 bridgehead atoms. The van der Waals surface area contributed by atoms with Crippen LogP contribution in [-0.4, -0.2) is 0 Å². The molecule has 72 valence electrons. The molecule has 10 heteroatoms. The Labute approximate surface area is 119 Å². The van der Waals surface area contributed by atoms with E-state index in [1.165, 1.54) is 0 Å². The van der Waals surface area contributed by atoms with Gasteiger partial charge in [0.05, 0.1) is 0 Å². The standard InChI is InChI=1S/8BrH.2Re/h8*1H;;/q;;;;;;;;2*+3/p-8. The van der Waals surface area contributed by atoms with Crippen LogP contribution in [0.4, 0.5) is 0 Å². The van der Waals surface area contributed by atoms with Crippen molar-refractivity contribution in [2.45, 2.75) is 0 Å². The molecule has 0 unspecified atom stereocenters. The van der Waals surface area contributed by atoms with Gasteiger partial charge in [-0.1, -0.05) is 0 Å². The van der Waals surface area contributed by atoms with Gasteiger partial charge >= 0.3 is 122 Å². The van der Waals surface area contributed by atoms with E-state index >= 15 is 0 Å². The Morgan fingerprint density at radius 3 is 0.400 bits per heavy atom. The molecule has 0 rings (SSSR count). The summed E-state index contributed by atoms with van der Waals surface area (Å²) in [4.78, 5) is 0. The summed E-state index contributed by atoms with van der Waals surface area (Å²) < 4.78 is 0. The topological polar surface area (TPSA) is 0 Å². The van der Waals surface area contributed by atoms with Gasteiger partial charge < -0.3 is 0 Å². The Kier molecular flexibility index (Phi) is 14.6. The van der Waals surface area contributed by atoms with Gasteiger partial charge in [0.2, 0.25) is 0 Å². The van der Waals surface area contributed by atoms with Crippen LogP contribution in [0.3, 0.4) is 0 Å². The number of hydrogen-bond donors (Lipinski definition) is 0. The van der Waals surface area contributed by atoms with Gasteiger partial charge in [-0.05, 0) is 0 Å². The van der Waals surface area contributed by atoms with Gasteiger partial charge in [-0.3, -0.25) is 0 Å². The van der Waals surface area contributed by atoms with Crippen molar-refractivity contribution in [2.75, 3.05) is 0 Å². The maximum atomic E-state index is 3.33. The minimum absolute atomic E-state index is 1.86. The second-order valence-corrected chi connectivity index (χ2v) is 143. The van der Waals surface area contributed by atoms with Crippen LogP contribution in [0, 0.1) is 0 Å². The molecule has 0 nitrogen and oxygen atoms in total. The molecule has 0 saturated heterocycles. The van der Waals surface area contributed by atoms with Crippen molar-refractivity contribution in [1.29, 1.82) is 0 Å². The summed E-state index contributed by atoms with van der Waals surface area (Å²) in [5, 5.41) is 0. The van der Waals surface area contributed by atoms with Crippen LogP contribution in [0.25, 0.3) is 0 Å². The molecule has 10 heavy (non-hydrogen) atoms. The molecule has 0 aromatic carbocycles. The Bertz CT molecular complexity index is 50.2. The number of hydrogen-bond acceptors (Lipinski definition) is 0. The molecule has 0 aliphatic rings. The van der Waals surface area contributed by atoms with Crippen LogP contribution < -0.4 is 0 Å². The molecule has 0 atom stereocenters. The van der Waals surface area contributed by atoms with Crippen LogP contribution in [0.15, 0.2) is 0 Å². The van der Waals surface area contributed by atoms with E-state index in [1.807, 2.05) is 0 Å². The Morgan fingerprint density at radius 2 is 0.400 bits per heavy atom. The van der Waals surface area contributed by atoms with E-state index < -0.39 is 14.9 Å². The van der Waals surface area contributed by atoms with E-state index in [1.54, 1.807) is 0 Å². The van der Waals surface area contributed by atoms with Crippen molar-refractivity contribution in [3.8, 4) is 0 Å². The Morgan fingerprint density at radius 1 is 0.400 bits per heavy atom. The zero-order valence-electron chi connectivity index (χ0n) is 3.78. The molecule has 0 saturated carbocycles. The predicted octanol–water partition coefficient (Wildman–Crippen LogP) is 6.76. The van der Waals surface area contributed by atoms with E-state index in [9.17, 15) is 0 Å². The van der Waals surface area contributed by atoms with E-state index in [0.29, 0.717) is 0 Å². The summed E-state index contributed by atoms with van der Waals surface area (Å²) in [5.74, 6) is 0. The normalized spacial score (nSPS) is 15.2. The molecule has 0 fully saturated rings. The third kappa shape index (κ3) is 73.0. The van der Waals surface area contributed by atoms with Crippen LogP contribution >= 0.6 is 107 Å². The zero-order chi connectivity index (χ0) is 9.00. The van der Waals surface area contributed by atoms with Crippen molar-refractivity contribution < 1.29 is 14.9 Å². The second kappa shape index (κ2) is 8.33. The van der Waals surface area contributed by atoms with Gasteiger partial charge in [-0.25, -0.2) is 0 Å². The molecule has 0 N–H and O–H groups in total. The van der Waals surface area contributed by atoms with Crippen LogP contribution in [0.5, 0.6) is 0 Å². The molecular formula is Br8Re2-2. The number of halogens is 8. The average molecular weight is 1010 g/mol. The summed E-state index contributed by atoms with van der Waals surface area (Å²) in [6.45, 7) is 0. The quantitative estimate of drug-likeness (QED) is 0.252. The molecule has 0 radical (unpaired) electrons. The fourth-order valence-electron chi connectivity index (χ4n) is 0. The van der Waals surface area contributed by atoms with Gasteiger partial charge in [0.1, 0.15) is 0 Å². The fraction of sp³-hybridized carbons (Fsp3) is 0. The van der Waals surface area contributed by atoms with Gasteiger partial charge in [0.25, 0.3) is 0 Å². The zero-order valence-corrected chi connectivity index (χ0v) is 21.9. The van der Waals surface area contributed by atoms with Gasteiger partial charge in [0.15, 0.2) is 0 Å². The molecule has 0 spiro atoms. The van der Waals surface area contributed by atoms with E-state index in [-0.39, 0.29) is 0 Å². The summed E-state index contributed by atoms with van der Waals surface area (Å²) in [6, 6.07) is 0. The molecule has 0 aliphatic heterocycles. The Hall–Kier alpha value is 5.16. The van der Waals surface area contributed by atoms with Crippen LogP contribution in [-0.2, 0) is 14.9 Å². The van der Waals surface area contributed by atoms with Gasteiger partial charge in [-0.15, -0.1) is 0 Å². The summed E-state index contributed by atoms with van der Waals surface area (Å²) in [6.07, 6.45) is 0. The van der Waals surface area contributed by atoms with Crippen molar-refractivity contribution in [1.82, 2.24) is 0 Å². The van der Waals surface area contributed by atoms with Crippen LogP contribution in [0.2, 0.25) is 0 Å². The summed E-state index contributed by atoms with van der Waals surface area (Å²) in [5.41, 5.74) is 0. The summed E-state index contributed by atoms with van der Waals surface area (Å²) >= 11 is 26.6. The third-order valence-electron chi connectivity index (χ3n) is 0. The summed E-state index contributed by atoms with van der Waals surface area (Å²) in [7, 11) is -3.72. The van der Waals surface area contributed by atoms with Crippen molar-refractivity contribution in [2.24, 2.45) is 0 Å². The monoisotopic (exact) mass is 1010 g/mol. The van der Waals surface area contributed by atoms with Crippen LogP contribution in [0.1, 0.15) is 0 Å². The first kappa shape index (κ1) is 17.6. The van der Waals surface area contributed by atoms with Gasteiger partial charge in [-0.2, -0.15) is 0 Å². The van der Waals surface area contributed by atoms with Crippen molar-refractivity contribution in [3.63, 3.8) is 0 Å². The maximum absolute atomic E-state index is 3.33. The first-order valence-electron chi connectivity index (χ1n) is 1.14. The van der Waals surface area contributed by atoms with Crippen molar-refractivity contribution in [3.05, 3.63) is 0 Å². The van der Waals surface area contributed by atoms with E-state index in [2.05, 4.69) is 107 Å². The fourth-order valence-corrected chi connectivity index (χ4v) is 0. The molecule has 0 aromatic heterocycles. The Balaban J connectivity index is 0. The van der Waals surface area contributed by atoms with E-state index in [4.69, 9.17) is 0 Å². The minimum atomic E-state index is -1.86. The first-order valence-corrected chi connectivity index (χ1v) is 48.6. The first-order chi connectivity index (χ1) is 4.00. The predicted molar refractivity (Wildman–Crippen MR) is 71.4 cm³/mol. The molecule has 0 aromatic rings. The number of rotatable bonds is 0. The molecule has 0 aliphatic carbocycles.